The zero-order valence-corrected chi connectivity index (χ0v) is 12.4. The molecule has 0 aromatic carbocycles. The van der Waals surface area contributed by atoms with Gasteiger partial charge in [0.15, 0.2) is 0 Å². The number of aromatic nitrogens is 1. The van der Waals surface area contributed by atoms with E-state index in [1.54, 1.807) is 18.3 Å². The summed E-state index contributed by atoms with van der Waals surface area (Å²) in [4.78, 5) is 4.31. The molecule has 2 N–H and O–H groups in total. The number of anilines is 1. The average molecular weight is 299 g/mol. The Labute approximate surface area is 119 Å². The molecule has 1 aromatic rings. The number of aliphatic hydroxyl groups is 1. The second-order valence-corrected chi connectivity index (χ2v) is 6.71. The zero-order chi connectivity index (χ0) is 14.6. The Morgan fingerprint density at radius 2 is 2.25 bits per heavy atom. The predicted molar refractivity (Wildman–Crippen MR) is 77.0 cm³/mol. The molecule has 112 valence electrons. The summed E-state index contributed by atoms with van der Waals surface area (Å²) in [6.07, 6.45) is 4.18. The van der Waals surface area contributed by atoms with Gasteiger partial charge in [0, 0.05) is 25.3 Å². The molecule has 0 spiro atoms. The molecule has 6 nitrogen and oxygen atoms in total. The third-order valence-corrected chi connectivity index (χ3v) is 5.16. The van der Waals surface area contributed by atoms with Crippen molar-refractivity contribution in [2.24, 2.45) is 0 Å². The van der Waals surface area contributed by atoms with Crippen molar-refractivity contribution in [3.8, 4) is 0 Å². The minimum atomic E-state index is -3.61. The predicted octanol–water partition coefficient (Wildman–Crippen LogP) is 1.05. The second kappa shape index (κ2) is 6.51. The molecule has 1 aliphatic carbocycles. The first-order chi connectivity index (χ1) is 9.61. The molecule has 0 atom stereocenters. The Bertz CT molecular complexity index is 544. The summed E-state index contributed by atoms with van der Waals surface area (Å²) >= 11 is 0. The second-order valence-electron chi connectivity index (χ2n) is 4.85. The lowest BCUT2D eigenvalue weighted by Gasteiger charge is -2.22. The lowest BCUT2D eigenvalue weighted by Crippen LogP contribution is -2.36. The fourth-order valence-corrected chi connectivity index (χ4v) is 3.86. The van der Waals surface area contributed by atoms with Gasteiger partial charge in [-0.05, 0) is 31.4 Å². The maximum Gasteiger partial charge on any atom is 0.247 e. The van der Waals surface area contributed by atoms with Crippen molar-refractivity contribution in [3.63, 3.8) is 0 Å². The molecule has 1 aliphatic rings. The molecular weight excluding hydrogens is 278 g/mol. The molecule has 0 bridgehead atoms. The molecule has 0 saturated heterocycles. The molecule has 1 heterocycles. The smallest absolute Gasteiger partial charge is 0.247 e. The Kier molecular flexibility index (Phi) is 4.95. The zero-order valence-electron chi connectivity index (χ0n) is 11.6. The standard InChI is InChI=1S/C13H21N3O3S/c1-2-7-14-13-12(4-3-8-15-13)20(18,19)16(9-10-17)11-5-6-11/h3-4,8,11,17H,2,5-7,9-10H2,1H3,(H,14,15). The quantitative estimate of drug-likeness (QED) is 0.750. The molecular formula is C13H21N3O3S. The summed E-state index contributed by atoms with van der Waals surface area (Å²) in [5.74, 6) is 0.387. The normalized spacial score (nSPS) is 15.6. The summed E-state index contributed by atoms with van der Waals surface area (Å²) < 4.78 is 26.8. The monoisotopic (exact) mass is 299 g/mol. The van der Waals surface area contributed by atoms with Crippen molar-refractivity contribution in [3.05, 3.63) is 18.3 Å². The highest BCUT2D eigenvalue weighted by Gasteiger charge is 2.38. The van der Waals surface area contributed by atoms with E-state index < -0.39 is 10.0 Å². The van der Waals surface area contributed by atoms with Gasteiger partial charge in [0.1, 0.15) is 10.7 Å². The summed E-state index contributed by atoms with van der Waals surface area (Å²) in [5, 5.41) is 12.1. The van der Waals surface area contributed by atoms with Gasteiger partial charge in [0.05, 0.1) is 6.61 Å². The topological polar surface area (TPSA) is 82.5 Å². The average Bonchev–Trinajstić information content (AvgIpc) is 3.27. The first-order valence-electron chi connectivity index (χ1n) is 6.92. The van der Waals surface area contributed by atoms with Crippen LogP contribution >= 0.6 is 0 Å². The number of nitrogens with zero attached hydrogens (tertiary/aromatic N) is 2. The first-order valence-corrected chi connectivity index (χ1v) is 8.37. The van der Waals surface area contributed by atoms with Crippen molar-refractivity contribution in [1.82, 2.24) is 9.29 Å². The highest BCUT2D eigenvalue weighted by Crippen LogP contribution is 2.33. The summed E-state index contributed by atoms with van der Waals surface area (Å²) in [6, 6.07) is 3.20. The molecule has 0 aliphatic heterocycles. The van der Waals surface area contributed by atoms with Crippen LogP contribution in [0, 0.1) is 0 Å². The Hall–Kier alpha value is -1.18. The molecule has 2 rings (SSSR count). The summed E-state index contributed by atoms with van der Waals surface area (Å²) in [6.45, 7) is 2.64. The lowest BCUT2D eigenvalue weighted by atomic mass is 10.4. The molecule has 20 heavy (non-hydrogen) atoms. The van der Waals surface area contributed by atoms with Crippen LogP contribution in [0.15, 0.2) is 23.2 Å². The van der Waals surface area contributed by atoms with Crippen LogP contribution < -0.4 is 5.32 Å². The van der Waals surface area contributed by atoms with Crippen LogP contribution in [0.1, 0.15) is 26.2 Å². The van der Waals surface area contributed by atoms with E-state index in [-0.39, 0.29) is 24.1 Å². The third kappa shape index (κ3) is 3.28. The molecule has 1 aromatic heterocycles. The summed E-state index contributed by atoms with van der Waals surface area (Å²) in [7, 11) is -3.61. The van der Waals surface area contributed by atoms with Crippen molar-refractivity contribution in [2.45, 2.75) is 37.1 Å². The van der Waals surface area contributed by atoms with Gasteiger partial charge in [-0.2, -0.15) is 4.31 Å². The number of nitrogens with one attached hydrogen (secondary N) is 1. The third-order valence-electron chi connectivity index (χ3n) is 3.17. The van der Waals surface area contributed by atoms with E-state index >= 15 is 0 Å². The number of hydrogen-bond acceptors (Lipinski definition) is 5. The van der Waals surface area contributed by atoms with E-state index in [1.165, 1.54) is 4.31 Å². The van der Waals surface area contributed by atoms with Gasteiger partial charge in [-0.3, -0.25) is 0 Å². The molecule has 1 fully saturated rings. The fourth-order valence-electron chi connectivity index (χ4n) is 2.06. The molecule has 0 radical (unpaired) electrons. The van der Waals surface area contributed by atoms with Crippen molar-refractivity contribution in [2.75, 3.05) is 25.0 Å². The Balaban J connectivity index is 2.32. The number of rotatable bonds is 8. The van der Waals surface area contributed by atoms with E-state index in [0.29, 0.717) is 12.4 Å². The van der Waals surface area contributed by atoms with Gasteiger partial charge >= 0.3 is 0 Å². The lowest BCUT2D eigenvalue weighted by molar-refractivity contribution is 0.250. The van der Waals surface area contributed by atoms with Gasteiger partial charge in [-0.1, -0.05) is 6.92 Å². The number of aliphatic hydroxyl groups excluding tert-OH is 1. The number of hydrogen-bond donors (Lipinski definition) is 2. The van der Waals surface area contributed by atoms with E-state index in [0.717, 1.165) is 19.3 Å². The highest BCUT2D eigenvalue weighted by molar-refractivity contribution is 7.89. The number of sulfonamides is 1. The minimum Gasteiger partial charge on any atom is -0.395 e. The van der Waals surface area contributed by atoms with Crippen LogP contribution in [-0.2, 0) is 10.0 Å². The van der Waals surface area contributed by atoms with Crippen LogP contribution in [0.5, 0.6) is 0 Å². The minimum absolute atomic E-state index is 0.0198. The van der Waals surface area contributed by atoms with Crippen molar-refractivity contribution >= 4 is 15.8 Å². The van der Waals surface area contributed by atoms with Crippen molar-refractivity contribution < 1.29 is 13.5 Å². The van der Waals surface area contributed by atoms with Crippen LogP contribution in [-0.4, -0.2) is 48.6 Å². The molecule has 7 heteroatoms. The van der Waals surface area contributed by atoms with E-state index in [1.807, 2.05) is 6.92 Å². The SMILES string of the molecule is CCCNc1ncccc1S(=O)(=O)N(CCO)C1CC1. The van der Waals surface area contributed by atoms with Crippen LogP contribution in [0.3, 0.4) is 0 Å². The molecule has 0 amide bonds. The van der Waals surface area contributed by atoms with Gasteiger partial charge in [-0.25, -0.2) is 13.4 Å². The van der Waals surface area contributed by atoms with E-state index in [9.17, 15) is 8.42 Å². The summed E-state index contributed by atoms with van der Waals surface area (Å²) in [5.41, 5.74) is 0. The van der Waals surface area contributed by atoms with E-state index in [2.05, 4.69) is 10.3 Å². The molecule has 0 unspecified atom stereocenters. The van der Waals surface area contributed by atoms with Crippen LogP contribution in [0.25, 0.3) is 0 Å². The highest BCUT2D eigenvalue weighted by atomic mass is 32.2. The largest absolute Gasteiger partial charge is 0.395 e. The van der Waals surface area contributed by atoms with Gasteiger partial charge in [0.25, 0.3) is 0 Å². The maximum absolute atomic E-state index is 12.7. The van der Waals surface area contributed by atoms with Gasteiger partial charge in [0.2, 0.25) is 10.0 Å². The van der Waals surface area contributed by atoms with Crippen molar-refractivity contribution in [1.29, 1.82) is 0 Å². The fraction of sp³-hybridized carbons (Fsp3) is 0.615. The Morgan fingerprint density at radius 1 is 1.50 bits per heavy atom. The van der Waals surface area contributed by atoms with Gasteiger partial charge < -0.3 is 10.4 Å². The first kappa shape index (κ1) is 15.2. The Morgan fingerprint density at radius 3 is 2.85 bits per heavy atom. The van der Waals surface area contributed by atoms with Crippen LogP contribution in [0.4, 0.5) is 5.82 Å². The van der Waals surface area contributed by atoms with E-state index in [4.69, 9.17) is 5.11 Å². The van der Waals surface area contributed by atoms with Crippen LogP contribution in [0.2, 0.25) is 0 Å². The van der Waals surface area contributed by atoms with Gasteiger partial charge in [-0.15, -0.1) is 0 Å². The molecule has 1 saturated carbocycles. The number of pyridine rings is 1. The maximum atomic E-state index is 12.7.